The molecule has 0 aliphatic heterocycles. The predicted octanol–water partition coefficient (Wildman–Crippen LogP) is 2.46. The quantitative estimate of drug-likeness (QED) is 0.908. The number of pyridine rings is 1. The molecule has 0 spiro atoms. The lowest BCUT2D eigenvalue weighted by Gasteiger charge is -2.25. The zero-order chi connectivity index (χ0) is 10.3. The van der Waals surface area contributed by atoms with E-state index in [1.165, 1.54) is 19.3 Å². The summed E-state index contributed by atoms with van der Waals surface area (Å²) in [5, 5.41) is 7.69. The van der Waals surface area contributed by atoms with E-state index in [2.05, 4.69) is 31.3 Å². The van der Waals surface area contributed by atoms with E-state index in [1.54, 1.807) is 4.52 Å². The lowest BCUT2D eigenvalue weighted by atomic mass is 9.93. The van der Waals surface area contributed by atoms with Crippen molar-refractivity contribution in [1.82, 2.24) is 14.6 Å². The highest BCUT2D eigenvalue weighted by molar-refractivity contribution is 9.10. The number of hydrogen-bond donors (Lipinski definition) is 1. The van der Waals surface area contributed by atoms with Crippen LogP contribution in [0.2, 0.25) is 0 Å². The first-order valence-corrected chi connectivity index (χ1v) is 5.89. The highest BCUT2D eigenvalue weighted by atomic mass is 79.9. The topological polar surface area (TPSA) is 42.2 Å². The van der Waals surface area contributed by atoms with Crippen molar-refractivity contribution in [2.24, 2.45) is 0 Å². The molecule has 0 atom stereocenters. The second-order valence-corrected chi connectivity index (χ2v) is 4.77. The van der Waals surface area contributed by atoms with Crippen LogP contribution in [0.25, 0.3) is 5.65 Å². The highest BCUT2D eigenvalue weighted by Crippen LogP contribution is 2.22. The van der Waals surface area contributed by atoms with Crippen LogP contribution in [-0.4, -0.2) is 20.6 Å². The fraction of sp³-hybridized carbons (Fsp3) is 0.400. The Morgan fingerprint density at radius 1 is 1.40 bits per heavy atom. The molecule has 0 aromatic carbocycles. The first kappa shape index (κ1) is 9.15. The lowest BCUT2D eigenvalue weighted by Crippen LogP contribution is -2.27. The molecule has 3 rings (SSSR count). The van der Waals surface area contributed by atoms with E-state index in [0.29, 0.717) is 6.04 Å². The molecule has 1 fully saturated rings. The Bertz CT molecular complexity index is 489. The number of hydrogen-bond acceptors (Lipinski definition) is 3. The van der Waals surface area contributed by atoms with Gasteiger partial charge < -0.3 is 5.32 Å². The van der Waals surface area contributed by atoms with Crippen molar-refractivity contribution < 1.29 is 0 Å². The van der Waals surface area contributed by atoms with Crippen LogP contribution in [0.5, 0.6) is 0 Å². The first-order valence-electron chi connectivity index (χ1n) is 5.10. The lowest BCUT2D eigenvalue weighted by molar-refractivity contribution is 0.443. The summed E-state index contributed by atoms with van der Waals surface area (Å²) in [4.78, 5) is 4.40. The van der Waals surface area contributed by atoms with Crippen molar-refractivity contribution in [1.29, 1.82) is 0 Å². The SMILES string of the molecule is Brc1ccc2nc(NC3CCC3)nn2c1. The van der Waals surface area contributed by atoms with Gasteiger partial charge in [-0.2, -0.15) is 4.98 Å². The van der Waals surface area contributed by atoms with Crippen LogP contribution in [0, 0.1) is 0 Å². The molecule has 2 aromatic rings. The van der Waals surface area contributed by atoms with Crippen LogP contribution in [0.1, 0.15) is 19.3 Å². The number of fused-ring (bicyclic) bond motifs is 1. The number of aromatic nitrogens is 3. The van der Waals surface area contributed by atoms with Gasteiger partial charge in [0.15, 0.2) is 5.65 Å². The maximum atomic E-state index is 4.40. The van der Waals surface area contributed by atoms with Gasteiger partial charge in [0.1, 0.15) is 0 Å². The molecule has 1 saturated carbocycles. The van der Waals surface area contributed by atoms with Crippen molar-refractivity contribution in [3.63, 3.8) is 0 Å². The molecule has 15 heavy (non-hydrogen) atoms. The molecule has 0 radical (unpaired) electrons. The minimum atomic E-state index is 0.575. The predicted molar refractivity (Wildman–Crippen MR) is 61.9 cm³/mol. The van der Waals surface area contributed by atoms with Gasteiger partial charge in [0.05, 0.1) is 0 Å². The summed E-state index contributed by atoms with van der Waals surface area (Å²) in [6.45, 7) is 0. The molecular formula is C10H11BrN4. The Morgan fingerprint density at radius 2 is 2.27 bits per heavy atom. The van der Waals surface area contributed by atoms with E-state index in [9.17, 15) is 0 Å². The third-order valence-electron chi connectivity index (χ3n) is 2.73. The molecule has 0 bridgehead atoms. The van der Waals surface area contributed by atoms with Gasteiger partial charge in [-0.25, -0.2) is 4.52 Å². The zero-order valence-corrected chi connectivity index (χ0v) is 9.74. The van der Waals surface area contributed by atoms with Crippen LogP contribution in [0.3, 0.4) is 0 Å². The number of anilines is 1. The molecule has 4 nitrogen and oxygen atoms in total. The molecule has 1 N–H and O–H groups in total. The average molecular weight is 267 g/mol. The Balaban J connectivity index is 1.91. The van der Waals surface area contributed by atoms with E-state index >= 15 is 0 Å². The summed E-state index contributed by atoms with van der Waals surface area (Å²) in [6, 6.07) is 4.49. The van der Waals surface area contributed by atoms with Gasteiger partial charge in [0.25, 0.3) is 0 Å². The second-order valence-electron chi connectivity index (χ2n) is 3.86. The zero-order valence-electron chi connectivity index (χ0n) is 8.15. The van der Waals surface area contributed by atoms with E-state index in [4.69, 9.17) is 0 Å². The molecular weight excluding hydrogens is 256 g/mol. The van der Waals surface area contributed by atoms with E-state index in [1.807, 2.05) is 18.3 Å². The Kier molecular flexibility index (Phi) is 2.12. The first-order chi connectivity index (χ1) is 7.31. The van der Waals surface area contributed by atoms with Gasteiger partial charge in [0, 0.05) is 16.7 Å². The van der Waals surface area contributed by atoms with E-state index in [0.717, 1.165) is 16.1 Å². The van der Waals surface area contributed by atoms with Gasteiger partial charge in [0.2, 0.25) is 5.95 Å². The number of halogens is 1. The van der Waals surface area contributed by atoms with Crippen LogP contribution in [-0.2, 0) is 0 Å². The maximum absolute atomic E-state index is 4.40. The smallest absolute Gasteiger partial charge is 0.243 e. The number of rotatable bonds is 2. The van der Waals surface area contributed by atoms with Crippen molar-refractivity contribution in [3.05, 3.63) is 22.8 Å². The minimum Gasteiger partial charge on any atom is -0.350 e. The van der Waals surface area contributed by atoms with Gasteiger partial charge in [-0.15, -0.1) is 5.10 Å². The summed E-state index contributed by atoms with van der Waals surface area (Å²) in [5.41, 5.74) is 0.875. The summed E-state index contributed by atoms with van der Waals surface area (Å²) in [7, 11) is 0. The fourth-order valence-corrected chi connectivity index (χ4v) is 1.98. The molecule has 2 heterocycles. The number of nitrogens with one attached hydrogen (secondary N) is 1. The fourth-order valence-electron chi connectivity index (χ4n) is 1.65. The molecule has 1 aliphatic rings. The highest BCUT2D eigenvalue weighted by Gasteiger charge is 2.18. The van der Waals surface area contributed by atoms with Crippen molar-refractivity contribution in [3.8, 4) is 0 Å². The molecule has 1 aliphatic carbocycles. The van der Waals surface area contributed by atoms with Gasteiger partial charge in [-0.1, -0.05) is 0 Å². The largest absolute Gasteiger partial charge is 0.350 e. The standard InChI is InChI=1S/C10H11BrN4/c11-7-4-5-9-13-10(14-15(9)6-7)12-8-2-1-3-8/h4-6,8H,1-3H2,(H,12,14). The molecule has 0 unspecified atom stereocenters. The van der Waals surface area contributed by atoms with Gasteiger partial charge in [-0.05, 0) is 47.3 Å². The van der Waals surface area contributed by atoms with Crippen molar-refractivity contribution >= 4 is 27.5 Å². The normalized spacial score (nSPS) is 16.6. The van der Waals surface area contributed by atoms with Crippen LogP contribution >= 0.6 is 15.9 Å². The third kappa shape index (κ3) is 1.71. The molecule has 0 amide bonds. The van der Waals surface area contributed by atoms with Crippen LogP contribution in [0.4, 0.5) is 5.95 Å². The maximum Gasteiger partial charge on any atom is 0.243 e. The van der Waals surface area contributed by atoms with Crippen LogP contribution < -0.4 is 5.32 Å². The molecule has 2 aromatic heterocycles. The van der Waals surface area contributed by atoms with Gasteiger partial charge in [-0.3, -0.25) is 0 Å². The second kappa shape index (κ2) is 3.48. The summed E-state index contributed by atoms with van der Waals surface area (Å²) in [5.74, 6) is 0.734. The molecule has 5 heteroatoms. The molecule has 0 saturated heterocycles. The minimum absolute atomic E-state index is 0.575. The van der Waals surface area contributed by atoms with E-state index in [-0.39, 0.29) is 0 Å². The summed E-state index contributed by atoms with van der Waals surface area (Å²) < 4.78 is 2.79. The van der Waals surface area contributed by atoms with Crippen LogP contribution in [0.15, 0.2) is 22.8 Å². The Hall–Kier alpha value is -1.10. The van der Waals surface area contributed by atoms with Gasteiger partial charge >= 0.3 is 0 Å². The van der Waals surface area contributed by atoms with Crippen molar-refractivity contribution in [2.45, 2.75) is 25.3 Å². The summed E-state index contributed by atoms with van der Waals surface area (Å²) >= 11 is 3.41. The summed E-state index contributed by atoms with van der Waals surface area (Å²) in [6.07, 6.45) is 5.70. The Morgan fingerprint density at radius 3 is 3.00 bits per heavy atom. The monoisotopic (exact) mass is 266 g/mol. The average Bonchev–Trinajstić information content (AvgIpc) is 2.53. The molecule has 78 valence electrons. The van der Waals surface area contributed by atoms with E-state index < -0.39 is 0 Å². The Labute approximate surface area is 95.8 Å². The third-order valence-corrected chi connectivity index (χ3v) is 3.20. The van der Waals surface area contributed by atoms with Crippen molar-refractivity contribution in [2.75, 3.05) is 5.32 Å². The number of nitrogens with zero attached hydrogens (tertiary/aromatic N) is 3.